The molecule has 0 unspecified atom stereocenters. The molecule has 6 aromatic rings. The Morgan fingerprint density at radius 3 is 0.847 bits per heavy atom. The van der Waals surface area contributed by atoms with Crippen molar-refractivity contribution in [3.63, 3.8) is 0 Å². The van der Waals surface area contributed by atoms with Gasteiger partial charge in [0.15, 0.2) is 0 Å². The van der Waals surface area contributed by atoms with Crippen molar-refractivity contribution in [1.29, 1.82) is 0 Å². The molecule has 0 aliphatic heterocycles. The summed E-state index contributed by atoms with van der Waals surface area (Å²) in [7, 11) is 0. The number of ether oxygens (including phenoxy) is 4. The topological polar surface area (TPSA) is 89.0 Å². The van der Waals surface area contributed by atoms with Crippen LogP contribution in [0, 0.1) is 55.4 Å². The lowest BCUT2D eigenvalue weighted by molar-refractivity contribution is 0.106. The van der Waals surface area contributed by atoms with Gasteiger partial charge in [0.25, 0.3) is 0 Å². The van der Waals surface area contributed by atoms with E-state index < -0.39 is 11.2 Å². The molecule has 0 bridgehead atoms. The fourth-order valence-corrected chi connectivity index (χ4v) is 7.96. The zero-order valence-corrected chi connectivity index (χ0v) is 37.5. The monoisotopic (exact) mass is 790 g/mol. The maximum Gasteiger partial charge on any atom is 0.133 e. The number of aryl methyl sites for hydroxylation is 8. The summed E-state index contributed by atoms with van der Waals surface area (Å²) in [6, 6.07) is 32.7. The molecular weight excluding hydrogens is 729 g/mol. The van der Waals surface area contributed by atoms with Crippen LogP contribution in [0.5, 0.6) is 34.5 Å². The third-order valence-electron chi connectivity index (χ3n) is 11.6. The summed E-state index contributed by atoms with van der Waals surface area (Å²) in [5.74, 6) is 5.01. The van der Waals surface area contributed by atoms with Gasteiger partial charge in [-0.05, 0) is 223 Å². The molecule has 0 atom stereocenters. The Kier molecular flexibility index (Phi) is 11.6. The highest BCUT2D eigenvalue weighted by atomic mass is 16.5. The zero-order chi connectivity index (χ0) is 43.2. The van der Waals surface area contributed by atoms with Gasteiger partial charge in [-0.15, -0.1) is 0 Å². The highest BCUT2D eigenvalue weighted by Crippen LogP contribution is 2.43. The Hall–Kier alpha value is -5.88. The summed E-state index contributed by atoms with van der Waals surface area (Å²) in [4.78, 5) is 0. The average Bonchev–Trinajstić information content (AvgIpc) is 3.15. The van der Waals surface area contributed by atoms with Crippen LogP contribution in [-0.2, 0) is 16.6 Å². The molecule has 0 radical (unpaired) electrons. The minimum atomic E-state index is -0.593. The summed E-state index contributed by atoms with van der Waals surface area (Å²) >= 11 is 0. The number of benzene rings is 6. The molecule has 0 fully saturated rings. The lowest BCUT2D eigenvalue weighted by atomic mass is 9.76. The molecule has 6 nitrogen and oxygen atoms in total. The summed E-state index contributed by atoms with van der Waals surface area (Å²) in [6.07, 6.45) is 0. The van der Waals surface area contributed by atoms with Crippen molar-refractivity contribution in [2.75, 3.05) is 11.5 Å². The van der Waals surface area contributed by atoms with E-state index in [0.29, 0.717) is 11.4 Å². The van der Waals surface area contributed by atoms with E-state index in [0.717, 1.165) is 90.1 Å². The quantitative estimate of drug-likeness (QED) is 0.120. The molecule has 0 aromatic heterocycles. The Bertz CT molecular complexity index is 2240. The first-order chi connectivity index (χ1) is 27.5. The third kappa shape index (κ3) is 9.07. The third-order valence-corrected chi connectivity index (χ3v) is 11.6. The molecular formula is C53H62N2O4. The molecule has 0 saturated heterocycles. The van der Waals surface area contributed by atoms with Crippen molar-refractivity contribution in [3.8, 4) is 34.5 Å². The Morgan fingerprint density at radius 1 is 0.339 bits per heavy atom. The molecule has 4 N–H and O–H groups in total. The number of nitrogen functional groups attached to an aromatic ring is 2. The molecule has 0 saturated carbocycles. The van der Waals surface area contributed by atoms with Crippen LogP contribution >= 0.6 is 0 Å². The van der Waals surface area contributed by atoms with E-state index in [1.54, 1.807) is 0 Å². The molecule has 0 aliphatic carbocycles. The minimum Gasteiger partial charge on any atom is -0.483 e. The molecule has 0 aliphatic rings. The van der Waals surface area contributed by atoms with Crippen LogP contribution < -0.4 is 30.4 Å². The highest BCUT2D eigenvalue weighted by molar-refractivity contribution is 5.55. The van der Waals surface area contributed by atoms with Crippen molar-refractivity contribution in [2.24, 2.45) is 0 Å². The average molecular weight is 791 g/mol. The van der Waals surface area contributed by atoms with Gasteiger partial charge >= 0.3 is 0 Å². The Morgan fingerprint density at radius 2 is 0.576 bits per heavy atom. The molecule has 6 aromatic carbocycles. The van der Waals surface area contributed by atoms with E-state index in [1.807, 2.05) is 48.5 Å². The van der Waals surface area contributed by atoms with Crippen molar-refractivity contribution in [2.45, 2.75) is 114 Å². The van der Waals surface area contributed by atoms with Crippen LogP contribution in [-0.4, -0.2) is 0 Å². The Labute approximate surface area is 352 Å². The van der Waals surface area contributed by atoms with E-state index >= 15 is 0 Å². The number of rotatable bonds is 12. The number of anilines is 2. The lowest BCUT2D eigenvalue weighted by Gasteiger charge is -2.33. The van der Waals surface area contributed by atoms with Gasteiger partial charge in [0.1, 0.15) is 45.7 Å². The maximum absolute atomic E-state index is 6.91. The number of hydrogen-bond donors (Lipinski definition) is 2. The number of nitrogens with two attached hydrogens (primary N) is 2. The lowest BCUT2D eigenvalue weighted by Crippen LogP contribution is -2.27. The van der Waals surface area contributed by atoms with Gasteiger partial charge in [-0.1, -0.05) is 38.1 Å². The van der Waals surface area contributed by atoms with E-state index in [2.05, 4.69) is 145 Å². The second-order valence-electron chi connectivity index (χ2n) is 17.9. The van der Waals surface area contributed by atoms with Crippen molar-refractivity contribution < 1.29 is 18.9 Å². The van der Waals surface area contributed by atoms with Gasteiger partial charge in [-0.2, -0.15) is 0 Å². The van der Waals surface area contributed by atoms with Crippen LogP contribution in [0.15, 0.2) is 97.1 Å². The van der Waals surface area contributed by atoms with Crippen molar-refractivity contribution in [1.82, 2.24) is 0 Å². The first-order valence-electron chi connectivity index (χ1n) is 20.5. The van der Waals surface area contributed by atoms with Gasteiger partial charge in [0.05, 0.1) is 0 Å². The summed E-state index contributed by atoms with van der Waals surface area (Å²) in [5, 5.41) is 0. The summed E-state index contributed by atoms with van der Waals surface area (Å²) < 4.78 is 26.4. The van der Waals surface area contributed by atoms with E-state index in [1.165, 1.54) is 11.1 Å². The van der Waals surface area contributed by atoms with Crippen LogP contribution in [0.3, 0.4) is 0 Å². The Balaban J connectivity index is 1.21. The predicted molar refractivity (Wildman–Crippen MR) is 245 cm³/mol. The number of hydrogen-bond acceptors (Lipinski definition) is 6. The molecule has 308 valence electrons. The van der Waals surface area contributed by atoms with E-state index in [4.69, 9.17) is 30.4 Å². The molecule has 0 amide bonds. The smallest absolute Gasteiger partial charge is 0.133 e. The van der Waals surface area contributed by atoms with Crippen LogP contribution in [0.2, 0.25) is 0 Å². The van der Waals surface area contributed by atoms with Crippen LogP contribution in [0.4, 0.5) is 11.4 Å². The van der Waals surface area contributed by atoms with Crippen LogP contribution in [0.25, 0.3) is 0 Å². The molecule has 6 heteroatoms. The summed E-state index contributed by atoms with van der Waals surface area (Å²) in [5.41, 5.74) is 24.9. The molecule has 0 spiro atoms. The fourth-order valence-electron chi connectivity index (χ4n) is 7.96. The van der Waals surface area contributed by atoms with Gasteiger partial charge in [0.2, 0.25) is 0 Å². The largest absolute Gasteiger partial charge is 0.483 e. The first-order valence-corrected chi connectivity index (χ1v) is 20.5. The molecule has 6 rings (SSSR count). The second-order valence-corrected chi connectivity index (χ2v) is 17.9. The molecule has 0 heterocycles. The normalized spacial score (nSPS) is 12.0. The standard InChI is InChI=1S/C53H62N2O4/c1-31-27-41(28-32(2)47(31)56-45-19-15-43(54)16-20-45)52(11,12)58-49-35(5)23-39(24-36(49)6)51(9,10)40-25-37(7)50(38(8)26-40)59-53(13,14)42-29-33(3)48(34(4)30-42)57-46-21-17-44(55)18-22-46/h15-30H,54-55H2,1-14H3. The predicted octanol–water partition coefficient (Wildman–Crippen LogP) is 13.9. The minimum absolute atomic E-state index is 0.282. The van der Waals surface area contributed by atoms with Gasteiger partial charge < -0.3 is 30.4 Å². The van der Waals surface area contributed by atoms with Gasteiger partial charge in [0, 0.05) is 16.8 Å². The highest BCUT2D eigenvalue weighted by Gasteiger charge is 2.31. The van der Waals surface area contributed by atoms with Crippen molar-refractivity contribution >= 4 is 11.4 Å². The van der Waals surface area contributed by atoms with Crippen LogP contribution in [0.1, 0.15) is 108 Å². The van der Waals surface area contributed by atoms with Crippen molar-refractivity contribution in [3.05, 3.63) is 164 Å². The fraction of sp³-hybridized carbons (Fsp3) is 0.321. The van der Waals surface area contributed by atoms with Gasteiger partial charge in [-0.25, -0.2) is 0 Å². The summed E-state index contributed by atoms with van der Waals surface area (Å²) in [6.45, 7) is 30.0. The second kappa shape index (κ2) is 16.1. The SMILES string of the molecule is Cc1cc(C(C)(C)Oc2c(C)cc(C(C)(C)c3cc(C)c(OC(C)(C)c4cc(C)c(Oc5ccc(N)cc5)c(C)c4)c(C)c3)cc2C)cc(C)c1Oc1ccc(N)cc1. The van der Waals surface area contributed by atoms with E-state index in [9.17, 15) is 0 Å². The maximum atomic E-state index is 6.91. The first kappa shape index (κ1) is 42.7. The van der Waals surface area contributed by atoms with Gasteiger partial charge in [-0.3, -0.25) is 0 Å². The zero-order valence-electron chi connectivity index (χ0n) is 37.5. The van der Waals surface area contributed by atoms with E-state index in [-0.39, 0.29) is 5.41 Å². The molecule has 59 heavy (non-hydrogen) atoms.